The molecule has 1 aromatic rings. The zero-order valence-corrected chi connectivity index (χ0v) is 8.27. The Labute approximate surface area is 82.1 Å². The molecule has 0 aliphatic rings. The smallest absolute Gasteiger partial charge is 0.258 e. The van der Waals surface area contributed by atoms with E-state index in [1.807, 2.05) is 18.2 Å². The van der Waals surface area contributed by atoms with Crippen LogP contribution < -0.4 is 4.57 Å². The minimum absolute atomic E-state index is 0.604. The lowest BCUT2D eigenvalue weighted by molar-refractivity contribution is -0.566. The van der Waals surface area contributed by atoms with Gasteiger partial charge in [-0.15, -0.1) is 0 Å². The molecule has 1 aromatic heterocycles. The molecular weight excluding hydrogens is 206 g/mol. The molecule has 0 aromatic carbocycles. The lowest BCUT2D eigenvalue weighted by Crippen LogP contribution is -2.23. The van der Waals surface area contributed by atoms with Crippen molar-refractivity contribution in [3.63, 3.8) is 0 Å². The van der Waals surface area contributed by atoms with Gasteiger partial charge < -0.3 is 4.55 Å². The Balaban J connectivity index is 0.000000292. The fourth-order valence-electron chi connectivity index (χ4n) is 0.559. The van der Waals surface area contributed by atoms with Crippen molar-refractivity contribution < 1.29 is 22.3 Å². The van der Waals surface area contributed by atoms with Crippen molar-refractivity contribution in [1.82, 2.24) is 0 Å². The molecule has 0 bridgehead atoms. The van der Waals surface area contributed by atoms with E-state index in [-0.39, 0.29) is 0 Å². The summed E-state index contributed by atoms with van der Waals surface area (Å²) in [4.78, 5) is 9.77. The van der Waals surface area contributed by atoms with Crippen molar-refractivity contribution in [2.24, 2.45) is 0 Å². The Morgan fingerprint density at radius 1 is 1.29 bits per heavy atom. The third kappa shape index (κ3) is 10.5. The van der Waals surface area contributed by atoms with E-state index in [4.69, 9.17) is 13.0 Å². The Hall–Kier alpha value is -1.49. The monoisotopic (exact) mass is 215 g/mol. The Morgan fingerprint density at radius 2 is 1.71 bits per heavy atom. The Morgan fingerprint density at radius 3 is 2.07 bits per heavy atom. The SMILES string of the molecule is CS(=O)(=O)[O-].O=C=C[n+]1ccccc1. The van der Waals surface area contributed by atoms with Crippen LogP contribution in [0.25, 0.3) is 6.20 Å². The molecule has 0 spiro atoms. The van der Waals surface area contributed by atoms with Gasteiger partial charge in [0.05, 0.1) is 10.1 Å². The quantitative estimate of drug-likeness (QED) is 0.357. The first-order valence-electron chi connectivity index (χ1n) is 3.51. The van der Waals surface area contributed by atoms with E-state index in [0.717, 1.165) is 0 Å². The Kier molecular flexibility index (Phi) is 5.40. The van der Waals surface area contributed by atoms with Crippen molar-refractivity contribution in [3.05, 3.63) is 30.6 Å². The molecule has 6 heteroatoms. The van der Waals surface area contributed by atoms with Gasteiger partial charge in [0.15, 0.2) is 18.3 Å². The first kappa shape index (κ1) is 12.5. The summed E-state index contributed by atoms with van der Waals surface area (Å²) >= 11 is 0. The summed E-state index contributed by atoms with van der Waals surface area (Å²) in [5.74, 6) is 1.67. The van der Waals surface area contributed by atoms with Crippen LogP contribution in [0.3, 0.4) is 0 Å². The predicted molar refractivity (Wildman–Crippen MR) is 48.7 cm³/mol. The number of pyridine rings is 1. The second-order valence-electron chi connectivity index (χ2n) is 2.27. The summed E-state index contributed by atoms with van der Waals surface area (Å²) < 4.78 is 28.9. The summed E-state index contributed by atoms with van der Waals surface area (Å²) in [5, 5.41) is 0. The van der Waals surface area contributed by atoms with Crippen LogP contribution in [0.5, 0.6) is 0 Å². The molecule has 14 heavy (non-hydrogen) atoms. The molecule has 0 aliphatic carbocycles. The van der Waals surface area contributed by atoms with Gasteiger partial charge in [-0.25, -0.2) is 13.2 Å². The van der Waals surface area contributed by atoms with Crippen molar-refractivity contribution in [3.8, 4) is 0 Å². The van der Waals surface area contributed by atoms with Gasteiger partial charge in [0, 0.05) is 18.4 Å². The molecule has 76 valence electrons. The normalized spacial score (nSPS) is 9.29. The maximum atomic E-state index is 9.77. The van der Waals surface area contributed by atoms with Crippen molar-refractivity contribution >= 4 is 22.3 Å². The van der Waals surface area contributed by atoms with Gasteiger partial charge in [-0.1, -0.05) is 6.07 Å². The van der Waals surface area contributed by atoms with Gasteiger partial charge in [0.1, 0.15) is 0 Å². The van der Waals surface area contributed by atoms with Gasteiger partial charge >= 0.3 is 0 Å². The topological polar surface area (TPSA) is 78.2 Å². The summed E-state index contributed by atoms with van der Waals surface area (Å²) in [7, 11) is -3.92. The van der Waals surface area contributed by atoms with E-state index in [1.54, 1.807) is 22.9 Å². The second-order valence-corrected chi connectivity index (χ2v) is 3.68. The summed E-state index contributed by atoms with van der Waals surface area (Å²) in [6, 6.07) is 5.57. The molecule has 1 heterocycles. The number of hydrogen-bond donors (Lipinski definition) is 0. The van der Waals surface area contributed by atoms with Crippen LogP contribution >= 0.6 is 0 Å². The largest absolute Gasteiger partial charge is 0.748 e. The minimum atomic E-state index is -3.92. The van der Waals surface area contributed by atoms with Gasteiger partial charge in [-0.05, 0) is 0 Å². The molecule has 0 unspecified atom stereocenters. The highest BCUT2D eigenvalue weighted by Crippen LogP contribution is 1.74. The zero-order valence-electron chi connectivity index (χ0n) is 7.45. The highest BCUT2D eigenvalue weighted by atomic mass is 32.2. The van der Waals surface area contributed by atoms with E-state index in [9.17, 15) is 4.79 Å². The minimum Gasteiger partial charge on any atom is -0.748 e. The molecule has 0 amide bonds. The summed E-state index contributed by atoms with van der Waals surface area (Å²) in [6.07, 6.45) is 5.46. The van der Waals surface area contributed by atoms with Crippen LogP contribution in [0.4, 0.5) is 0 Å². The number of hydrogen-bond acceptors (Lipinski definition) is 4. The molecule has 0 saturated carbocycles. The lowest BCUT2D eigenvalue weighted by atomic mass is 10.5. The predicted octanol–water partition coefficient (Wildman–Crippen LogP) is -0.562. The molecule has 0 N–H and O–H groups in total. The van der Waals surface area contributed by atoms with E-state index in [0.29, 0.717) is 6.26 Å². The molecule has 0 atom stereocenters. The zero-order chi connectivity index (χ0) is 11.0. The van der Waals surface area contributed by atoms with Crippen LogP contribution in [0.15, 0.2) is 30.6 Å². The van der Waals surface area contributed by atoms with Crippen LogP contribution in [-0.2, 0) is 14.9 Å². The number of carbonyl (C=O) groups excluding carboxylic acids is 1. The summed E-state index contributed by atoms with van der Waals surface area (Å²) in [5.41, 5.74) is 0. The van der Waals surface area contributed by atoms with Crippen LogP contribution in [0.1, 0.15) is 0 Å². The molecule has 5 nitrogen and oxygen atoms in total. The van der Waals surface area contributed by atoms with Gasteiger partial charge in [-0.3, -0.25) is 0 Å². The third-order valence-electron chi connectivity index (χ3n) is 0.940. The fourth-order valence-corrected chi connectivity index (χ4v) is 0.559. The van der Waals surface area contributed by atoms with Crippen LogP contribution in [-0.4, -0.2) is 25.2 Å². The molecular formula is C8H9NO4S. The standard InChI is InChI=1S/C7H6NO.CH4O3S/c9-7-6-8-4-2-1-3-5-8;1-5(2,3)4/h1-6H;1H3,(H,2,3,4)/q+1;/p-1. The average Bonchev–Trinajstić information content (AvgIpc) is 2.03. The van der Waals surface area contributed by atoms with Crippen LogP contribution in [0.2, 0.25) is 0 Å². The fraction of sp³-hybridized carbons (Fsp3) is 0.125. The number of nitrogens with zero attached hydrogens (tertiary/aromatic N) is 1. The lowest BCUT2D eigenvalue weighted by Gasteiger charge is -1.90. The van der Waals surface area contributed by atoms with E-state index >= 15 is 0 Å². The van der Waals surface area contributed by atoms with Crippen molar-refractivity contribution in [2.45, 2.75) is 0 Å². The highest BCUT2D eigenvalue weighted by Gasteiger charge is 1.86. The first-order valence-corrected chi connectivity index (χ1v) is 5.33. The second kappa shape index (κ2) is 6.04. The average molecular weight is 215 g/mol. The maximum Gasteiger partial charge on any atom is 0.258 e. The maximum absolute atomic E-state index is 9.77. The molecule has 0 saturated heterocycles. The van der Waals surface area contributed by atoms with Gasteiger partial charge in [0.25, 0.3) is 6.20 Å². The molecule has 0 aliphatic heterocycles. The number of rotatable bonds is 1. The van der Waals surface area contributed by atoms with E-state index in [1.165, 1.54) is 6.20 Å². The number of aromatic nitrogens is 1. The first-order chi connectivity index (χ1) is 6.43. The van der Waals surface area contributed by atoms with Crippen molar-refractivity contribution in [2.75, 3.05) is 6.26 Å². The third-order valence-corrected chi connectivity index (χ3v) is 0.940. The molecule has 0 fully saturated rings. The van der Waals surface area contributed by atoms with Crippen LogP contribution in [0, 0.1) is 0 Å². The van der Waals surface area contributed by atoms with E-state index in [2.05, 4.69) is 0 Å². The Bertz CT molecular complexity index is 398. The van der Waals surface area contributed by atoms with E-state index < -0.39 is 10.1 Å². The van der Waals surface area contributed by atoms with Crippen molar-refractivity contribution in [1.29, 1.82) is 0 Å². The molecule has 1 rings (SSSR count). The molecule has 0 radical (unpaired) electrons. The van der Waals surface area contributed by atoms with Gasteiger partial charge in [0.2, 0.25) is 0 Å². The van der Waals surface area contributed by atoms with Gasteiger partial charge in [-0.2, -0.15) is 4.57 Å². The summed E-state index contributed by atoms with van der Waals surface area (Å²) in [6.45, 7) is 0. The highest BCUT2D eigenvalue weighted by molar-refractivity contribution is 7.84.